The van der Waals surface area contributed by atoms with E-state index >= 15 is 0 Å². The van der Waals surface area contributed by atoms with Crippen LogP contribution in [0, 0.1) is 12.8 Å². The quantitative estimate of drug-likeness (QED) is 0.801. The van der Waals surface area contributed by atoms with Crippen LogP contribution in [0.4, 0.5) is 5.69 Å². The molecule has 0 unspecified atom stereocenters. The summed E-state index contributed by atoms with van der Waals surface area (Å²) in [6.07, 6.45) is 4.12. The van der Waals surface area contributed by atoms with Gasteiger partial charge in [-0.3, -0.25) is 9.59 Å². The summed E-state index contributed by atoms with van der Waals surface area (Å²) in [5.74, 6) is -0.448. The van der Waals surface area contributed by atoms with Crippen molar-refractivity contribution in [3.63, 3.8) is 0 Å². The van der Waals surface area contributed by atoms with Crippen molar-refractivity contribution < 1.29 is 9.59 Å². The van der Waals surface area contributed by atoms with Gasteiger partial charge in [0.2, 0.25) is 0 Å². The van der Waals surface area contributed by atoms with Crippen LogP contribution in [0.1, 0.15) is 38.2 Å². The normalized spacial score (nSPS) is 21.7. The monoisotopic (exact) mass is 352 g/mol. The summed E-state index contributed by atoms with van der Waals surface area (Å²) < 4.78 is 0.773. The van der Waals surface area contributed by atoms with Crippen LogP contribution in [0.5, 0.6) is 0 Å². The molecule has 4 nitrogen and oxygen atoms in total. The number of carbonyl (C=O) groups is 2. The first kappa shape index (κ1) is 16.0. The van der Waals surface area contributed by atoms with E-state index in [0.29, 0.717) is 5.69 Å². The summed E-state index contributed by atoms with van der Waals surface area (Å²) in [5.41, 5.74) is 1.69. The third-order valence-corrected chi connectivity index (χ3v) is 4.59. The van der Waals surface area contributed by atoms with Gasteiger partial charge in [0.1, 0.15) is 0 Å². The number of halogens is 1. The third kappa shape index (κ3) is 4.56. The van der Waals surface area contributed by atoms with Gasteiger partial charge in [-0.05, 0) is 72.2 Å². The molecule has 0 bridgehead atoms. The fourth-order valence-corrected chi connectivity index (χ4v) is 3.15. The van der Waals surface area contributed by atoms with Crippen molar-refractivity contribution in [1.82, 2.24) is 5.32 Å². The molecule has 5 heteroatoms. The molecule has 2 N–H and O–H groups in total. The van der Waals surface area contributed by atoms with E-state index < -0.39 is 11.8 Å². The van der Waals surface area contributed by atoms with Crippen LogP contribution in [0.2, 0.25) is 0 Å². The smallest absolute Gasteiger partial charge is 0.313 e. The average molecular weight is 353 g/mol. The summed E-state index contributed by atoms with van der Waals surface area (Å²) in [6, 6.07) is 5.70. The van der Waals surface area contributed by atoms with E-state index in [1.165, 1.54) is 0 Å². The summed E-state index contributed by atoms with van der Waals surface area (Å²) in [6.45, 7) is 4.19. The summed E-state index contributed by atoms with van der Waals surface area (Å²) in [5, 5.41) is 5.46. The summed E-state index contributed by atoms with van der Waals surface area (Å²) in [4.78, 5) is 23.9. The second-order valence-corrected chi connectivity index (χ2v) is 6.72. The average Bonchev–Trinajstić information content (AvgIpc) is 2.44. The van der Waals surface area contributed by atoms with Crippen LogP contribution in [0.25, 0.3) is 0 Å². The van der Waals surface area contributed by atoms with Gasteiger partial charge in [0.05, 0.1) is 5.69 Å². The largest absolute Gasteiger partial charge is 0.345 e. The van der Waals surface area contributed by atoms with Crippen molar-refractivity contribution >= 4 is 33.4 Å². The first-order valence-electron chi connectivity index (χ1n) is 7.33. The molecular formula is C16H21BrN2O2. The molecule has 1 aliphatic carbocycles. The lowest BCUT2D eigenvalue weighted by molar-refractivity contribution is -0.136. The standard InChI is InChI=1S/C16H21BrN2O2/c1-10-3-6-12(7-4-10)18-15(20)16(21)19-14-8-5-11(2)9-13(14)17/h5,8-10,12H,3-4,6-7H2,1-2H3,(H,18,20)(H,19,21). The molecule has 1 fully saturated rings. The van der Waals surface area contributed by atoms with Gasteiger partial charge in [0.15, 0.2) is 0 Å². The molecule has 1 aromatic carbocycles. The lowest BCUT2D eigenvalue weighted by Crippen LogP contribution is -2.43. The van der Waals surface area contributed by atoms with Crippen LogP contribution in [0.15, 0.2) is 22.7 Å². The van der Waals surface area contributed by atoms with Crippen LogP contribution in [-0.4, -0.2) is 17.9 Å². The molecule has 2 rings (SSSR count). The van der Waals surface area contributed by atoms with Gasteiger partial charge >= 0.3 is 11.8 Å². The van der Waals surface area contributed by atoms with Crippen molar-refractivity contribution in [2.75, 3.05) is 5.32 Å². The first-order valence-corrected chi connectivity index (χ1v) is 8.13. The number of aryl methyl sites for hydroxylation is 1. The molecule has 0 heterocycles. The Morgan fingerprint density at radius 2 is 1.81 bits per heavy atom. The second kappa shape index (κ2) is 7.07. The Balaban J connectivity index is 1.89. The number of hydrogen-bond acceptors (Lipinski definition) is 2. The highest BCUT2D eigenvalue weighted by molar-refractivity contribution is 9.10. The molecule has 21 heavy (non-hydrogen) atoms. The van der Waals surface area contributed by atoms with Crippen molar-refractivity contribution in [1.29, 1.82) is 0 Å². The van der Waals surface area contributed by atoms with E-state index in [0.717, 1.165) is 41.6 Å². The highest BCUT2D eigenvalue weighted by Crippen LogP contribution is 2.24. The number of hydrogen-bond donors (Lipinski definition) is 2. The Kier molecular flexibility index (Phi) is 5.39. The van der Waals surface area contributed by atoms with Crippen LogP contribution in [0.3, 0.4) is 0 Å². The Morgan fingerprint density at radius 3 is 2.43 bits per heavy atom. The number of nitrogens with one attached hydrogen (secondary N) is 2. The maximum atomic E-state index is 11.9. The predicted molar refractivity (Wildman–Crippen MR) is 87.1 cm³/mol. The van der Waals surface area contributed by atoms with E-state index in [1.807, 2.05) is 19.1 Å². The molecule has 0 saturated heterocycles. The molecule has 0 atom stereocenters. The number of rotatable bonds is 2. The number of carbonyl (C=O) groups excluding carboxylic acids is 2. The lowest BCUT2D eigenvalue weighted by atomic mass is 9.87. The Labute approximate surface area is 133 Å². The molecule has 114 valence electrons. The fourth-order valence-electron chi connectivity index (χ4n) is 2.56. The SMILES string of the molecule is Cc1ccc(NC(=O)C(=O)NC2CCC(C)CC2)c(Br)c1. The fraction of sp³-hybridized carbons (Fsp3) is 0.500. The Hall–Kier alpha value is -1.36. The highest BCUT2D eigenvalue weighted by Gasteiger charge is 2.23. The predicted octanol–water partition coefficient (Wildman–Crippen LogP) is 3.39. The number of benzene rings is 1. The maximum absolute atomic E-state index is 11.9. The molecular weight excluding hydrogens is 332 g/mol. The van der Waals surface area contributed by atoms with Gasteiger partial charge in [0.25, 0.3) is 0 Å². The number of amides is 2. The van der Waals surface area contributed by atoms with Gasteiger partial charge in [0, 0.05) is 10.5 Å². The van der Waals surface area contributed by atoms with Crippen molar-refractivity contribution in [3.8, 4) is 0 Å². The molecule has 1 saturated carbocycles. The Morgan fingerprint density at radius 1 is 1.14 bits per heavy atom. The minimum Gasteiger partial charge on any atom is -0.345 e. The molecule has 1 aliphatic rings. The van der Waals surface area contributed by atoms with Crippen LogP contribution >= 0.6 is 15.9 Å². The van der Waals surface area contributed by atoms with Gasteiger partial charge in [-0.25, -0.2) is 0 Å². The first-order chi connectivity index (χ1) is 9.95. The summed E-state index contributed by atoms with van der Waals surface area (Å²) in [7, 11) is 0. The van der Waals surface area contributed by atoms with Gasteiger partial charge in [-0.2, -0.15) is 0 Å². The molecule has 1 aromatic rings. The molecule has 0 aromatic heterocycles. The van der Waals surface area contributed by atoms with Crippen molar-refractivity contribution in [2.24, 2.45) is 5.92 Å². The highest BCUT2D eigenvalue weighted by atomic mass is 79.9. The van der Waals surface area contributed by atoms with Crippen molar-refractivity contribution in [2.45, 2.75) is 45.6 Å². The Bertz CT molecular complexity index is 537. The van der Waals surface area contributed by atoms with E-state index in [2.05, 4.69) is 33.5 Å². The number of anilines is 1. The van der Waals surface area contributed by atoms with Gasteiger partial charge in [-0.1, -0.05) is 13.0 Å². The van der Waals surface area contributed by atoms with Gasteiger partial charge in [-0.15, -0.1) is 0 Å². The maximum Gasteiger partial charge on any atom is 0.313 e. The van der Waals surface area contributed by atoms with Crippen LogP contribution < -0.4 is 10.6 Å². The lowest BCUT2D eigenvalue weighted by Gasteiger charge is -2.26. The second-order valence-electron chi connectivity index (χ2n) is 5.87. The summed E-state index contributed by atoms with van der Waals surface area (Å²) >= 11 is 3.38. The topological polar surface area (TPSA) is 58.2 Å². The van der Waals surface area contributed by atoms with E-state index in [4.69, 9.17) is 0 Å². The van der Waals surface area contributed by atoms with Crippen LogP contribution in [-0.2, 0) is 9.59 Å². The van der Waals surface area contributed by atoms with Gasteiger partial charge < -0.3 is 10.6 Å². The molecule has 0 spiro atoms. The zero-order chi connectivity index (χ0) is 15.4. The van der Waals surface area contributed by atoms with E-state index in [9.17, 15) is 9.59 Å². The van der Waals surface area contributed by atoms with Crippen molar-refractivity contribution in [3.05, 3.63) is 28.2 Å². The van der Waals surface area contributed by atoms with E-state index in [-0.39, 0.29) is 6.04 Å². The van der Waals surface area contributed by atoms with E-state index in [1.54, 1.807) is 6.07 Å². The zero-order valence-electron chi connectivity index (χ0n) is 12.4. The minimum absolute atomic E-state index is 0.126. The zero-order valence-corrected chi connectivity index (χ0v) is 14.0. The molecule has 0 radical (unpaired) electrons. The molecule has 2 amide bonds. The molecule has 0 aliphatic heterocycles. The third-order valence-electron chi connectivity index (χ3n) is 3.93. The minimum atomic E-state index is -0.613.